The highest BCUT2D eigenvalue weighted by molar-refractivity contribution is 8.26. The topological polar surface area (TPSA) is 70.8 Å². The molecule has 0 bridgehead atoms. The summed E-state index contributed by atoms with van der Waals surface area (Å²) < 4.78 is 5.48. The molecule has 1 aromatic rings. The Hall–Kier alpha value is -1.60. The predicted octanol–water partition coefficient (Wildman–Crippen LogP) is 2.34. The van der Waals surface area contributed by atoms with Crippen LogP contribution in [0.15, 0.2) is 27.7 Å². The Balaban J connectivity index is 2.38. The first-order valence-electron chi connectivity index (χ1n) is 5.46. The summed E-state index contributed by atoms with van der Waals surface area (Å²) in [5, 5.41) is 8.99. The number of carboxylic acid groups (broad SMARTS) is 1. The minimum Gasteiger partial charge on any atom is -0.480 e. The van der Waals surface area contributed by atoms with Gasteiger partial charge in [-0.3, -0.25) is 9.69 Å². The zero-order chi connectivity index (χ0) is 14.2. The molecule has 1 aliphatic rings. The van der Waals surface area contributed by atoms with Crippen LogP contribution >= 0.6 is 24.0 Å². The van der Waals surface area contributed by atoms with Gasteiger partial charge < -0.3 is 9.52 Å². The quantitative estimate of drug-likeness (QED) is 0.682. The normalized spacial score (nSPS) is 19.8. The van der Waals surface area contributed by atoms with E-state index in [0.717, 1.165) is 16.7 Å². The molecule has 1 aliphatic heterocycles. The van der Waals surface area contributed by atoms with Crippen molar-refractivity contribution in [3.63, 3.8) is 0 Å². The molecule has 7 heteroatoms. The average Bonchev–Trinajstić information content (AvgIpc) is 2.96. The Bertz CT molecular complexity index is 577. The standard InChI is InChI=1S/C12H11NO4S2/c1-6(8-4-3-5-17-8)9-10(14)13(12(18)19-9)7(2)11(15)16/h3-5,7H,1-2H3,(H,15,16). The van der Waals surface area contributed by atoms with Gasteiger partial charge in [0.1, 0.15) is 16.1 Å². The van der Waals surface area contributed by atoms with E-state index in [1.165, 1.54) is 13.2 Å². The third-order valence-corrected chi connectivity index (χ3v) is 4.28. The van der Waals surface area contributed by atoms with E-state index in [1.807, 2.05) is 0 Å². The van der Waals surface area contributed by atoms with Gasteiger partial charge in [0.05, 0.1) is 11.2 Å². The number of furan rings is 1. The lowest BCUT2D eigenvalue weighted by atomic mass is 10.2. The maximum Gasteiger partial charge on any atom is 0.326 e. The second-order valence-corrected chi connectivity index (χ2v) is 5.63. The molecule has 1 fully saturated rings. The first-order chi connectivity index (χ1) is 8.93. The molecule has 1 N–H and O–H groups in total. The smallest absolute Gasteiger partial charge is 0.326 e. The first kappa shape index (κ1) is 13.8. The molecule has 0 saturated carbocycles. The average molecular weight is 297 g/mol. The van der Waals surface area contributed by atoms with E-state index < -0.39 is 12.0 Å². The van der Waals surface area contributed by atoms with Gasteiger partial charge in [0.2, 0.25) is 0 Å². The Morgan fingerprint density at radius 1 is 1.58 bits per heavy atom. The monoisotopic (exact) mass is 297 g/mol. The molecule has 1 aromatic heterocycles. The fraction of sp³-hybridized carbons (Fsp3) is 0.250. The molecule has 2 heterocycles. The molecule has 1 atom stereocenters. The van der Waals surface area contributed by atoms with Crippen LogP contribution < -0.4 is 0 Å². The van der Waals surface area contributed by atoms with Gasteiger partial charge in [-0.05, 0) is 26.0 Å². The van der Waals surface area contributed by atoms with E-state index in [9.17, 15) is 9.59 Å². The molecular weight excluding hydrogens is 286 g/mol. The van der Waals surface area contributed by atoms with Crippen LogP contribution in [0.3, 0.4) is 0 Å². The number of carbonyl (C=O) groups is 2. The van der Waals surface area contributed by atoms with Gasteiger partial charge in [-0.25, -0.2) is 4.79 Å². The fourth-order valence-electron chi connectivity index (χ4n) is 1.66. The number of allylic oxidation sites excluding steroid dienone is 1. The van der Waals surface area contributed by atoms with Gasteiger partial charge in [0.15, 0.2) is 0 Å². The maximum atomic E-state index is 12.3. The van der Waals surface area contributed by atoms with Crippen LogP contribution in [0.25, 0.3) is 5.57 Å². The summed E-state index contributed by atoms with van der Waals surface area (Å²) in [6.45, 7) is 3.18. The molecule has 0 radical (unpaired) electrons. The number of carbonyl (C=O) groups excluding carboxylic acids is 1. The van der Waals surface area contributed by atoms with E-state index in [4.69, 9.17) is 21.7 Å². The fourth-order valence-corrected chi connectivity index (χ4v) is 3.10. The van der Waals surface area contributed by atoms with Gasteiger partial charge in [0.25, 0.3) is 5.91 Å². The zero-order valence-electron chi connectivity index (χ0n) is 10.2. The van der Waals surface area contributed by atoms with Crippen molar-refractivity contribution in [2.24, 2.45) is 0 Å². The molecule has 5 nitrogen and oxygen atoms in total. The summed E-state index contributed by atoms with van der Waals surface area (Å²) >= 11 is 6.18. The van der Waals surface area contributed by atoms with Crippen LogP contribution in [-0.2, 0) is 9.59 Å². The summed E-state index contributed by atoms with van der Waals surface area (Å²) in [6.07, 6.45) is 1.51. The molecule has 0 spiro atoms. The van der Waals surface area contributed by atoms with E-state index in [0.29, 0.717) is 16.2 Å². The Morgan fingerprint density at radius 3 is 2.79 bits per heavy atom. The lowest BCUT2D eigenvalue weighted by Crippen LogP contribution is -2.41. The third kappa shape index (κ3) is 2.43. The van der Waals surface area contributed by atoms with E-state index in [1.54, 1.807) is 19.1 Å². The molecule has 100 valence electrons. The summed E-state index contributed by atoms with van der Waals surface area (Å²) in [5.41, 5.74) is 0.655. The van der Waals surface area contributed by atoms with Crippen LogP contribution in [0.1, 0.15) is 19.6 Å². The molecule has 1 saturated heterocycles. The van der Waals surface area contributed by atoms with Crippen LogP contribution in [0, 0.1) is 0 Å². The molecule has 0 aromatic carbocycles. The van der Waals surface area contributed by atoms with Gasteiger partial charge in [0, 0.05) is 5.57 Å². The maximum absolute atomic E-state index is 12.3. The van der Waals surface area contributed by atoms with Gasteiger partial charge >= 0.3 is 5.97 Å². The van der Waals surface area contributed by atoms with Crippen LogP contribution in [0.4, 0.5) is 0 Å². The van der Waals surface area contributed by atoms with Gasteiger partial charge in [-0.15, -0.1) is 0 Å². The molecule has 1 unspecified atom stereocenters. The number of hydrogen-bond acceptors (Lipinski definition) is 5. The Kier molecular flexibility index (Phi) is 3.77. The lowest BCUT2D eigenvalue weighted by Gasteiger charge is -2.18. The highest BCUT2D eigenvalue weighted by atomic mass is 32.2. The SMILES string of the molecule is CC(=C1SC(=S)N(C(C)C(=O)O)C1=O)c1ccco1. The Morgan fingerprint density at radius 2 is 2.26 bits per heavy atom. The van der Waals surface area contributed by atoms with Crippen molar-refractivity contribution < 1.29 is 19.1 Å². The lowest BCUT2D eigenvalue weighted by molar-refractivity contribution is -0.144. The number of aliphatic carboxylic acids is 1. The molecule has 2 rings (SSSR count). The summed E-state index contributed by atoms with van der Waals surface area (Å²) in [4.78, 5) is 24.8. The number of thiocarbonyl (C=S) groups is 1. The highest BCUT2D eigenvalue weighted by Gasteiger charge is 2.39. The minimum atomic E-state index is -1.09. The van der Waals surface area contributed by atoms with Crippen molar-refractivity contribution in [3.8, 4) is 0 Å². The van der Waals surface area contributed by atoms with Crippen molar-refractivity contribution in [3.05, 3.63) is 29.1 Å². The third-order valence-electron chi connectivity index (χ3n) is 2.78. The summed E-state index contributed by atoms with van der Waals surface area (Å²) in [7, 11) is 0. The molecule has 1 amide bonds. The Labute approximate surface area is 119 Å². The minimum absolute atomic E-state index is 0.251. The van der Waals surface area contributed by atoms with Crippen LogP contribution in [-0.4, -0.2) is 32.2 Å². The second kappa shape index (κ2) is 5.18. The largest absolute Gasteiger partial charge is 0.480 e. The number of rotatable bonds is 3. The summed E-state index contributed by atoms with van der Waals surface area (Å²) in [5.74, 6) is -0.907. The summed E-state index contributed by atoms with van der Waals surface area (Å²) in [6, 6.07) is 2.48. The van der Waals surface area contributed by atoms with Crippen molar-refractivity contribution in [1.82, 2.24) is 4.90 Å². The van der Waals surface area contributed by atoms with Crippen LogP contribution in [0.5, 0.6) is 0 Å². The van der Waals surface area contributed by atoms with Crippen LogP contribution in [0.2, 0.25) is 0 Å². The van der Waals surface area contributed by atoms with E-state index in [-0.39, 0.29) is 10.2 Å². The molecular formula is C12H11NO4S2. The molecule has 0 aliphatic carbocycles. The van der Waals surface area contributed by atoms with Crippen molar-refractivity contribution in [2.75, 3.05) is 0 Å². The molecule has 19 heavy (non-hydrogen) atoms. The number of amides is 1. The van der Waals surface area contributed by atoms with Crippen molar-refractivity contribution in [1.29, 1.82) is 0 Å². The predicted molar refractivity (Wildman–Crippen MR) is 75.4 cm³/mol. The number of hydrogen-bond donors (Lipinski definition) is 1. The van der Waals surface area contributed by atoms with E-state index in [2.05, 4.69) is 0 Å². The number of carboxylic acids is 1. The van der Waals surface area contributed by atoms with Gasteiger partial charge in [-0.2, -0.15) is 0 Å². The second-order valence-electron chi connectivity index (χ2n) is 3.99. The number of nitrogens with zero attached hydrogens (tertiary/aromatic N) is 1. The highest BCUT2D eigenvalue weighted by Crippen LogP contribution is 2.37. The number of thioether (sulfide) groups is 1. The van der Waals surface area contributed by atoms with Crippen molar-refractivity contribution in [2.45, 2.75) is 19.9 Å². The zero-order valence-corrected chi connectivity index (χ0v) is 11.9. The van der Waals surface area contributed by atoms with Crippen molar-refractivity contribution >= 4 is 45.7 Å². The van der Waals surface area contributed by atoms with Gasteiger partial charge in [-0.1, -0.05) is 24.0 Å². The first-order valence-corrected chi connectivity index (χ1v) is 6.69. The van der Waals surface area contributed by atoms with E-state index >= 15 is 0 Å².